The monoisotopic (exact) mass is 305 g/mol. The first-order valence-corrected chi connectivity index (χ1v) is 7.00. The Hall–Kier alpha value is -0.850. The Bertz CT molecular complexity index is 354. The van der Waals surface area contributed by atoms with E-state index in [9.17, 15) is 9.59 Å². The number of hydrogen-bond acceptors (Lipinski definition) is 4. The molecule has 0 aromatic heterocycles. The average Bonchev–Trinajstić information content (AvgIpc) is 2.38. The van der Waals surface area contributed by atoms with Crippen molar-refractivity contribution in [3.63, 3.8) is 0 Å². The van der Waals surface area contributed by atoms with Gasteiger partial charge in [0.1, 0.15) is 6.04 Å². The van der Waals surface area contributed by atoms with E-state index < -0.39 is 0 Å². The van der Waals surface area contributed by atoms with Gasteiger partial charge in [-0.15, -0.1) is 12.4 Å². The lowest BCUT2D eigenvalue weighted by atomic mass is 9.93. The number of hydrogen-bond donors (Lipinski definition) is 2. The van der Waals surface area contributed by atoms with Gasteiger partial charge in [0.25, 0.3) is 0 Å². The van der Waals surface area contributed by atoms with Crippen LogP contribution in [0.1, 0.15) is 26.2 Å². The van der Waals surface area contributed by atoms with Crippen molar-refractivity contribution in [2.75, 3.05) is 26.2 Å². The number of carbonyl (C=O) groups is 2. The molecule has 2 rings (SSSR count). The van der Waals surface area contributed by atoms with Crippen LogP contribution in [0.4, 0.5) is 0 Å². The molecule has 7 heteroatoms. The number of morpholine rings is 1. The number of nitrogens with zero attached hydrogens (tertiary/aromatic N) is 1. The number of carbonyl (C=O) groups excluding carboxylic acids is 2. The lowest BCUT2D eigenvalue weighted by Gasteiger charge is -2.37. The van der Waals surface area contributed by atoms with Crippen molar-refractivity contribution < 1.29 is 14.3 Å². The third kappa shape index (κ3) is 4.33. The second kappa shape index (κ2) is 7.81. The standard InChI is InChI=1S/C13H23N3O3.ClH/c1-9-12(15-4-6-19-9)13(18)16-5-2-3-10(8-16)7-11(14)17;/h9-10,12,15H,2-8H2,1H3,(H2,14,17);1H/t9-,10?,12+;/m1./s1. The van der Waals surface area contributed by atoms with Crippen LogP contribution in [0.15, 0.2) is 0 Å². The van der Waals surface area contributed by atoms with Gasteiger partial charge in [0.2, 0.25) is 11.8 Å². The fourth-order valence-electron chi connectivity index (χ4n) is 2.92. The SMILES string of the molecule is C[C@H]1OCCN[C@@H]1C(=O)N1CCCC(CC(N)=O)C1.Cl. The molecule has 0 spiro atoms. The maximum Gasteiger partial charge on any atom is 0.242 e. The minimum absolute atomic E-state index is 0. The topological polar surface area (TPSA) is 84.7 Å². The van der Waals surface area contributed by atoms with E-state index in [0.717, 1.165) is 19.4 Å². The summed E-state index contributed by atoms with van der Waals surface area (Å²) in [4.78, 5) is 25.3. The molecule has 0 saturated carbocycles. The summed E-state index contributed by atoms with van der Waals surface area (Å²) in [7, 11) is 0. The number of nitrogens with one attached hydrogen (secondary N) is 1. The summed E-state index contributed by atoms with van der Waals surface area (Å²) in [5, 5.41) is 3.21. The van der Waals surface area contributed by atoms with Crippen LogP contribution in [-0.4, -0.2) is 55.1 Å². The van der Waals surface area contributed by atoms with Crippen molar-refractivity contribution >= 4 is 24.2 Å². The maximum absolute atomic E-state index is 12.5. The van der Waals surface area contributed by atoms with E-state index >= 15 is 0 Å². The summed E-state index contributed by atoms with van der Waals surface area (Å²) >= 11 is 0. The Balaban J connectivity index is 0.00000200. The van der Waals surface area contributed by atoms with Crippen LogP contribution in [0.3, 0.4) is 0 Å². The molecule has 0 aliphatic carbocycles. The third-order valence-corrected chi connectivity index (χ3v) is 3.90. The highest BCUT2D eigenvalue weighted by Gasteiger charge is 2.34. The molecule has 2 saturated heterocycles. The molecule has 0 aromatic rings. The molecule has 0 radical (unpaired) electrons. The zero-order valence-corrected chi connectivity index (χ0v) is 12.7. The van der Waals surface area contributed by atoms with Crippen molar-refractivity contribution in [3.05, 3.63) is 0 Å². The largest absolute Gasteiger partial charge is 0.375 e. The summed E-state index contributed by atoms with van der Waals surface area (Å²) in [6.07, 6.45) is 2.17. The number of nitrogens with two attached hydrogens (primary N) is 1. The van der Waals surface area contributed by atoms with Gasteiger partial charge < -0.3 is 20.7 Å². The molecule has 20 heavy (non-hydrogen) atoms. The number of ether oxygens (including phenoxy) is 1. The molecule has 2 aliphatic heterocycles. The van der Waals surface area contributed by atoms with Gasteiger partial charge >= 0.3 is 0 Å². The fourth-order valence-corrected chi connectivity index (χ4v) is 2.92. The van der Waals surface area contributed by atoms with E-state index in [1.807, 2.05) is 11.8 Å². The first kappa shape index (κ1) is 17.2. The van der Waals surface area contributed by atoms with Gasteiger partial charge in [-0.2, -0.15) is 0 Å². The van der Waals surface area contributed by atoms with Crippen LogP contribution in [0.25, 0.3) is 0 Å². The van der Waals surface area contributed by atoms with E-state index in [1.165, 1.54) is 0 Å². The molecule has 1 unspecified atom stereocenters. The highest BCUT2D eigenvalue weighted by molar-refractivity contribution is 5.85. The molecule has 0 aromatic carbocycles. The van der Waals surface area contributed by atoms with Gasteiger partial charge in [-0.3, -0.25) is 9.59 Å². The second-order valence-corrected chi connectivity index (χ2v) is 5.47. The molecule has 0 bridgehead atoms. The second-order valence-electron chi connectivity index (χ2n) is 5.47. The van der Waals surface area contributed by atoms with Crippen molar-refractivity contribution in [3.8, 4) is 0 Å². The van der Waals surface area contributed by atoms with Crippen LogP contribution in [0.5, 0.6) is 0 Å². The van der Waals surface area contributed by atoms with E-state index in [4.69, 9.17) is 10.5 Å². The van der Waals surface area contributed by atoms with Gasteiger partial charge in [-0.25, -0.2) is 0 Å². The first-order chi connectivity index (χ1) is 9.08. The van der Waals surface area contributed by atoms with E-state index in [2.05, 4.69) is 5.32 Å². The smallest absolute Gasteiger partial charge is 0.242 e. The molecule has 2 amide bonds. The van der Waals surface area contributed by atoms with Gasteiger partial charge in [0, 0.05) is 26.1 Å². The quantitative estimate of drug-likeness (QED) is 0.762. The minimum Gasteiger partial charge on any atom is -0.375 e. The number of likely N-dealkylation sites (tertiary alicyclic amines) is 1. The summed E-state index contributed by atoms with van der Waals surface area (Å²) in [5.41, 5.74) is 5.23. The Morgan fingerprint density at radius 3 is 2.85 bits per heavy atom. The van der Waals surface area contributed by atoms with E-state index in [0.29, 0.717) is 26.1 Å². The summed E-state index contributed by atoms with van der Waals surface area (Å²) in [5.74, 6) is 0.00294. The minimum atomic E-state index is -0.285. The lowest BCUT2D eigenvalue weighted by molar-refractivity contribution is -0.141. The molecule has 3 atom stereocenters. The van der Waals surface area contributed by atoms with Crippen LogP contribution in [0.2, 0.25) is 0 Å². The molecular weight excluding hydrogens is 282 g/mol. The van der Waals surface area contributed by atoms with Gasteiger partial charge in [0.15, 0.2) is 0 Å². The van der Waals surface area contributed by atoms with Crippen molar-refractivity contribution in [1.29, 1.82) is 0 Å². The number of piperidine rings is 1. The van der Waals surface area contributed by atoms with Gasteiger partial charge in [-0.1, -0.05) is 0 Å². The Labute approximate surface area is 125 Å². The predicted octanol–water partition coefficient (Wildman–Crippen LogP) is -0.101. The fraction of sp³-hybridized carbons (Fsp3) is 0.846. The highest BCUT2D eigenvalue weighted by atomic mass is 35.5. The van der Waals surface area contributed by atoms with Crippen molar-refractivity contribution in [2.24, 2.45) is 11.7 Å². The summed E-state index contributed by atoms with van der Waals surface area (Å²) in [6.45, 7) is 4.67. The van der Waals surface area contributed by atoms with Crippen LogP contribution in [0, 0.1) is 5.92 Å². The first-order valence-electron chi connectivity index (χ1n) is 7.00. The zero-order chi connectivity index (χ0) is 13.8. The Kier molecular flexibility index (Phi) is 6.71. The van der Waals surface area contributed by atoms with Crippen LogP contribution >= 0.6 is 12.4 Å². The number of amides is 2. The lowest BCUT2D eigenvalue weighted by Crippen LogP contribution is -2.57. The summed E-state index contributed by atoms with van der Waals surface area (Å²) in [6, 6.07) is -0.263. The number of rotatable bonds is 3. The number of halogens is 1. The molecule has 2 fully saturated rings. The highest BCUT2D eigenvalue weighted by Crippen LogP contribution is 2.21. The third-order valence-electron chi connectivity index (χ3n) is 3.90. The van der Waals surface area contributed by atoms with E-state index in [1.54, 1.807) is 0 Å². The van der Waals surface area contributed by atoms with Crippen LogP contribution in [-0.2, 0) is 14.3 Å². The Morgan fingerprint density at radius 2 is 2.20 bits per heavy atom. The zero-order valence-electron chi connectivity index (χ0n) is 11.8. The molecule has 2 aliphatic rings. The molecule has 2 heterocycles. The number of primary amides is 1. The molecule has 6 nitrogen and oxygen atoms in total. The van der Waals surface area contributed by atoms with Crippen LogP contribution < -0.4 is 11.1 Å². The normalized spacial score (nSPS) is 30.4. The molecule has 3 N–H and O–H groups in total. The van der Waals surface area contributed by atoms with Gasteiger partial charge in [-0.05, 0) is 25.7 Å². The molecule has 116 valence electrons. The molecular formula is C13H24ClN3O3. The van der Waals surface area contributed by atoms with E-state index in [-0.39, 0.29) is 42.3 Å². The van der Waals surface area contributed by atoms with Crippen molar-refractivity contribution in [2.45, 2.75) is 38.3 Å². The maximum atomic E-state index is 12.5. The predicted molar refractivity (Wildman–Crippen MR) is 77.6 cm³/mol. The Morgan fingerprint density at radius 1 is 1.45 bits per heavy atom. The average molecular weight is 306 g/mol. The van der Waals surface area contributed by atoms with Crippen molar-refractivity contribution in [1.82, 2.24) is 10.2 Å². The summed E-state index contributed by atoms with van der Waals surface area (Å²) < 4.78 is 5.51. The van der Waals surface area contributed by atoms with Gasteiger partial charge in [0.05, 0.1) is 12.7 Å².